The van der Waals surface area contributed by atoms with Crippen LogP contribution in [-0.4, -0.2) is 38.0 Å². The molecule has 0 atom stereocenters. The van der Waals surface area contributed by atoms with Crippen molar-refractivity contribution in [1.82, 2.24) is 10.6 Å². The van der Waals surface area contributed by atoms with Gasteiger partial charge in [-0.1, -0.05) is 38.3 Å². The summed E-state index contributed by atoms with van der Waals surface area (Å²) in [4.78, 5) is 33.9. The van der Waals surface area contributed by atoms with Gasteiger partial charge in [-0.15, -0.1) is 0 Å². The van der Waals surface area contributed by atoms with E-state index in [0.29, 0.717) is 19.5 Å². The lowest BCUT2D eigenvalue weighted by molar-refractivity contribution is -0.140. The maximum Gasteiger partial charge on any atom is 0.309 e. The predicted octanol–water partition coefficient (Wildman–Crippen LogP) is 3.26. The molecule has 0 fully saturated rings. The lowest BCUT2D eigenvalue weighted by atomic mass is 10.1. The van der Waals surface area contributed by atoms with Crippen LogP contribution in [0.5, 0.6) is 0 Å². The minimum atomic E-state index is -0.538. The number of methoxy groups -OCH3 is 1. The van der Waals surface area contributed by atoms with Crippen molar-refractivity contribution in [2.24, 2.45) is 0 Å². The van der Waals surface area contributed by atoms with Crippen LogP contribution in [0.3, 0.4) is 0 Å². The van der Waals surface area contributed by atoms with Gasteiger partial charge in [-0.2, -0.15) is 0 Å². The summed E-state index contributed by atoms with van der Waals surface area (Å²) in [6.07, 6.45) is 14.9. The Hall–Kier alpha value is -1.85. The highest BCUT2D eigenvalue weighted by Crippen LogP contribution is 2.07. The van der Waals surface area contributed by atoms with Crippen LogP contribution in [0.25, 0.3) is 0 Å². The van der Waals surface area contributed by atoms with E-state index in [-0.39, 0.29) is 5.97 Å². The standard InChI is InChI=1S/C20H36N2O4/c1-3-4-16-21-19(24)20(25)22-17-14-12-10-8-6-5-7-9-11-13-15-18(23)26-2/h6,8H,3-5,7,9-17H2,1-2H3,(H,21,24)(H,22,25)/b8-6-. The second-order valence-electron chi connectivity index (χ2n) is 6.36. The minimum Gasteiger partial charge on any atom is -0.469 e. The minimum absolute atomic E-state index is 0.127. The van der Waals surface area contributed by atoms with Crippen LogP contribution in [0.1, 0.15) is 77.6 Å². The zero-order chi connectivity index (χ0) is 19.5. The third kappa shape index (κ3) is 15.7. The summed E-state index contributed by atoms with van der Waals surface area (Å²) in [6, 6.07) is 0. The van der Waals surface area contributed by atoms with Gasteiger partial charge in [0.25, 0.3) is 0 Å². The molecular weight excluding hydrogens is 332 g/mol. The van der Waals surface area contributed by atoms with Crippen molar-refractivity contribution in [2.45, 2.75) is 77.6 Å². The lowest BCUT2D eigenvalue weighted by Crippen LogP contribution is -2.40. The fraction of sp³-hybridized carbons (Fsp3) is 0.750. The largest absolute Gasteiger partial charge is 0.469 e. The molecule has 26 heavy (non-hydrogen) atoms. The van der Waals surface area contributed by atoms with Crippen LogP contribution < -0.4 is 10.6 Å². The van der Waals surface area contributed by atoms with Gasteiger partial charge in [0.1, 0.15) is 0 Å². The molecule has 0 saturated carbocycles. The first kappa shape index (κ1) is 24.1. The molecule has 0 aromatic rings. The third-order valence-electron chi connectivity index (χ3n) is 4.00. The maximum absolute atomic E-state index is 11.5. The SMILES string of the molecule is CCCCNC(=O)C(=O)NCCCC/C=C\CCCCCCC(=O)OC. The smallest absolute Gasteiger partial charge is 0.309 e. The zero-order valence-electron chi connectivity index (χ0n) is 16.5. The summed E-state index contributed by atoms with van der Waals surface area (Å²) in [6.45, 7) is 3.13. The molecular formula is C20H36N2O4. The quantitative estimate of drug-likeness (QED) is 0.201. The van der Waals surface area contributed by atoms with Crippen molar-refractivity contribution < 1.29 is 19.1 Å². The molecule has 2 N–H and O–H groups in total. The molecule has 0 unspecified atom stereocenters. The van der Waals surface area contributed by atoms with Crippen LogP contribution in [0.15, 0.2) is 12.2 Å². The number of rotatable bonds is 15. The van der Waals surface area contributed by atoms with E-state index in [9.17, 15) is 14.4 Å². The molecule has 0 saturated heterocycles. The molecule has 0 aromatic carbocycles. The van der Waals surface area contributed by atoms with Gasteiger partial charge in [0.2, 0.25) is 0 Å². The number of hydrogen-bond acceptors (Lipinski definition) is 4. The number of ether oxygens (including phenoxy) is 1. The summed E-state index contributed by atoms with van der Waals surface area (Å²) in [5.41, 5.74) is 0. The van der Waals surface area contributed by atoms with Crippen molar-refractivity contribution in [2.75, 3.05) is 20.2 Å². The predicted molar refractivity (Wildman–Crippen MR) is 104 cm³/mol. The molecule has 6 nitrogen and oxygen atoms in total. The summed E-state index contributed by atoms with van der Waals surface area (Å²) in [5.74, 6) is -1.20. The molecule has 0 aliphatic rings. The van der Waals surface area contributed by atoms with Gasteiger partial charge in [-0.25, -0.2) is 0 Å². The Labute approximate surface area is 158 Å². The molecule has 0 aliphatic carbocycles. The molecule has 0 rings (SSSR count). The van der Waals surface area contributed by atoms with Crippen LogP contribution in [0.2, 0.25) is 0 Å². The summed E-state index contributed by atoms with van der Waals surface area (Å²) >= 11 is 0. The van der Waals surface area contributed by atoms with Crippen molar-refractivity contribution in [3.05, 3.63) is 12.2 Å². The molecule has 0 spiro atoms. The molecule has 2 amide bonds. The summed E-state index contributed by atoms with van der Waals surface area (Å²) in [5, 5.41) is 5.24. The summed E-state index contributed by atoms with van der Waals surface area (Å²) < 4.78 is 4.60. The van der Waals surface area contributed by atoms with Crippen molar-refractivity contribution in [3.8, 4) is 0 Å². The van der Waals surface area contributed by atoms with Gasteiger partial charge in [0.05, 0.1) is 7.11 Å². The number of unbranched alkanes of at least 4 members (excludes halogenated alkanes) is 7. The molecule has 0 bridgehead atoms. The highest BCUT2D eigenvalue weighted by atomic mass is 16.5. The summed E-state index contributed by atoms with van der Waals surface area (Å²) in [7, 11) is 1.42. The Kier molecular flexibility index (Phi) is 16.7. The van der Waals surface area contributed by atoms with E-state index in [1.54, 1.807) is 0 Å². The molecule has 0 radical (unpaired) electrons. The van der Waals surface area contributed by atoms with E-state index in [0.717, 1.165) is 64.2 Å². The number of carbonyl (C=O) groups excluding carboxylic acids is 3. The van der Waals surface area contributed by atoms with E-state index in [1.807, 2.05) is 6.92 Å². The monoisotopic (exact) mass is 368 g/mol. The Bertz CT molecular complexity index is 422. The number of esters is 1. The van der Waals surface area contributed by atoms with E-state index < -0.39 is 11.8 Å². The van der Waals surface area contributed by atoms with E-state index >= 15 is 0 Å². The van der Waals surface area contributed by atoms with Gasteiger partial charge in [0.15, 0.2) is 0 Å². The van der Waals surface area contributed by atoms with Gasteiger partial charge >= 0.3 is 17.8 Å². The average molecular weight is 369 g/mol. The maximum atomic E-state index is 11.5. The number of amides is 2. The Balaban J connectivity index is 3.39. The molecule has 6 heteroatoms. The molecule has 0 heterocycles. The topological polar surface area (TPSA) is 84.5 Å². The fourth-order valence-electron chi connectivity index (χ4n) is 2.35. The van der Waals surface area contributed by atoms with Crippen LogP contribution in [0, 0.1) is 0 Å². The van der Waals surface area contributed by atoms with Crippen molar-refractivity contribution >= 4 is 17.8 Å². The van der Waals surface area contributed by atoms with Gasteiger partial charge in [0, 0.05) is 19.5 Å². The van der Waals surface area contributed by atoms with E-state index in [4.69, 9.17) is 0 Å². The van der Waals surface area contributed by atoms with Crippen LogP contribution >= 0.6 is 0 Å². The molecule has 150 valence electrons. The first-order valence-corrected chi connectivity index (χ1v) is 9.89. The van der Waals surface area contributed by atoms with Gasteiger partial charge < -0.3 is 15.4 Å². The van der Waals surface area contributed by atoms with Crippen LogP contribution in [-0.2, 0) is 19.1 Å². The fourth-order valence-corrected chi connectivity index (χ4v) is 2.35. The zero-order valence-corrected chi connectivity index (χ0v) is 16.5. The number of carbonyl (C=O) groups is 3. The van der Waals surface area contributed by atoms with Gasteiger partial charge in [-0.3, -0.25) is 14.4 Å². The van der Waals surface area contributed by atoms with Gasteiger partial charge in [-0.05, 0) is 44.9 Å². The normalized spacial score (nSPS) is 10.7. The molecule has 0 aliphatic heterocycles. The highest BCUT2D eigenvalue weighted by Gasteiger charge is 2.10. The Morgan fingerprint density at radius 3 is 1.88 bits per heavy atom. The highest BCUT2D eigenvalue weighted by molar-refractivity contribution is 6.35. The van der Waals surface area contributed by atoms with E-state index in [1.165, 1.54) is 7.11 Å². The Morgan fingerprint density at radius 1 is 0.769 bits per heavy atom. The second-order valence-corrected chi connectivity index (χ2v) is 6.36. The molecule has 0 aromatic heterocycles. The Morgan fingerprint density at radius 2 is 1.31 bits per heavy atom. The number of allylic oxidation sites excluding steroid dienone is 2. The number of nitrogens with one attached hydrogen (secondary N) is 2. The van der Waals surface area contributed by atoms with E-state index in [2.05, 4.69) is 27.5 Å². The number of hydrogen-bond donors (Lipinski definition) is 2. The van der Waals surface area contributed by atoms with Crippen molar-refractivity contribution in [3.63, 3.8) is 0 Å². The average Bonchev–Trinajstić information content (AvgIpc) is 2.64. The second kappa shape index (κ2) is 18.0. The van der Waals surface area contributed by atoms with Crippen molar-refractivity contribution in [1.29, 1.82) is 0 Å². The first-order chi connectivity index (χ1) is 12.6. The van der Waals surface area contributed by atoms with Crippen LogP contribution in [0.4, 0.5) is 0 Å². The third-order valence-corrected chi connectivity index (χ3v) is 4.00. The lowest BCUT2D eigenvalue weighted by Gasteiger charge is -2.05. The first-order valence-electron chi connectivity index (χ1n) is 9.89.